The number of likely N-dealkylation sites (N-methyl/N-ethyl adjacent to an activating group) is 1. The van der Waals surface area contributed by atoms with Crippen LogP contribution >= 0.6 is 11.6 Å². The van der Waals surface area contributed by atoms with E-state index in [4.69, 9.17) is 16.3 Å². The van der Waals surface area contributed by atoms with E-state index < -0.39 is 0 Å². The van der Waals surface area contributed by atoms with Crippen LogP contribution in [0.5, 0.6) is 0 Å². The number of hydrogen-bond donors (Lipinski definition) is 1. The zero-order valence-corrected chi connectivity index (χ0v) is 13.9. The smallest absolute Gasteiger partial charge is 0.237 e. The maximum atomic E-state index is 12.2. The molecule has 4 nitrogen and oxygen atoms in total. The SMILES string of the molecule is CN1CCCCCC1C(=O)NCCOCc1ccc(Cl)cc1. The van der Waals surface area contributed by atoms with Gasteiger partial charge in [0.15, 0.2) is 0 Å². The Hall–Kier alpha value is -1.10. The van der Waals surface area contributed by atoms with E-state index in [0.29, 0.717) is 19.8 Å². The summed E-state index contributed by atoms with van der Waals surface area (Å²) >= 11 is 5.84. The van der Waals surface area contributed by atoms with E-state index in [1.807, 2.05) is 31.3 Å². The molecule has 0 saturated carbocycles. The molecular weight excluding hydrogens is 300 g/mol. The summed E-state index contributed by atoms with van der Waals surface area (Å²) in [5, 5.41) is 3.70. The van der Waals surface area contributed by atoms with Crippen LogP contribution in [0.15, 0.2) is 24.3 Å². The fraction of sp³-hybridized carbons (Fsp3) is 0.588. The van der Waals surface area contributed by atoms with Crippen molar-refractivity contribution in [2.75, 3.05) is 26.7 Å². The number of nitrogens with zero attached hydrogens (tertiary/aromatic N) is 1. The van der Waals surface area contributed by atoms with Gasteiger partial charge in [-0.2, -0.15) is 0 Å². The zero-order chi connectivity index (χ0) is 15.8. The Kier molecular flexibility index (Phi) is 7.16. The van der Waals surface area contributed by atoms with Crippen LogP contribution in [0, 0.1) is 0 Å². The van der Waals surface area contributed by atoms with Crippen LogP contribution in [0.3, 0.4) is 0 Å². The van der Waals surface area contributed by atoms with Crippen LogP contribution in [0.4, 0.5) is 0 Å². The molecule has 0 spiro atoms. The van der Waals surface area contributed by atoms with Gasteiger partial charge in [-0.15, -0.1) is 0 Å². The first-order chi connectivity index (χ1) is 10.7. The fourth-order valence-corrected chi connectivity index (χ4v) is 2.84. The first kappa shape index (κ1) is 17.3. The van der Waals surface area contributed by atoms with Gasteiger partial charge in [-0.1, -0.05) is 36.6 Å². The van der Waals surface area contributed by atoms with Crippen LogP contribution in [0.2, 0.25) is 5.02 Å². The van der Waals surface area contributed by atoms with E-state index in [0.717, 1.165) is 30.0 Å². The summed E-state index contributed by atoms with van der Waals surface area (Å²) in [6.45, 7) is 2.61. The number of nitrogens with one attached hydrogen (secondary N) is 1. The van der Waals surface area contributed by atoms with Crippen LogP contribution in [0.1, 0.15) is 31.2 Å². The van der Waals surface area contributed by atoms with Crippen molar-refractivity contribution in [3.63, 3.8) is 0 Å². The zero-order valence-electron chi connectivity index (χ0n) is 13.2. The fourth-order valence-electron chi connectivity index (χ4n) is 2.72. The number of carbonyl (C=O) groups is 1. The van der Waals surface area contributed by atoms with Crippen molar-refractivity contribution >= 4 is 17.5 Å². The molecule has 1 aliphatic heterocycles. The molecule has 0 aromatic heterocycles. The lowest BCUT2D eigenvalue weighted by Gasteiger charge is -2.24. The number of halogens is 1. The summed E-state index contributed by atoms with van der Waals surface area (Å²) in [4.78, 5) is 14.4. The van der Waals surface area contributed by atoms with Crippen LogP contribution in [-0.2, 0) is 16.1 Å². The maximum Gasteiger partial charge on any atom is 0.237 e. The molecule has 1 aromatic rings. The third-order valence-electron chi connectivity index (χ3n) is 4.05. The van der Waals surface area contributed by atoms with Crippen molar-refractivity contribution in [2.45, 2.75) is 38.3 Å². The molecule has 1 aromatic carbocycles. The van der Waals surface area contributed by atoms with E-state index in [2.05, 4.69) is 10.2 Å². The number of amides is 1. The van der Waals surface area contributed by atoms with Gasteiger partial charge in [0.2, 0.25) is 5.91 Å². The van der Waals surface area contributed by atoms with Gasteiger partial charge >= 0.3 is 0 Å². The number of rotatable bonds is 6. The van der Waals surface area contributed by atoms with E-state index in [-0.39, 0.29) is 11.9 Å². The highest BCUT2D eigenvalue weighted by Crippen LogP contribution is 2.15. The highest BCUT2D eigenvalue weighted by molar-refractivity contribution is 6.30. The van der Waals surface area contributed by atoms with Crippen molar-refractivity contribution in [1.29, 1.82) is 0 Å². The Balaban J connectivity index is 1.63. The number of carbonyl (C=O) groups excluding carboxylic acids is 1. The summed E-state index contributed by atoms with van der Waals surface area (Å²) < 4.78 is 5.58. The molecule has 1 atom stereocenters. The molecule has 1 amide bonds. The molecule has 2 rings (SSSR count). The third kappa shape index (κ3) is 5.59. The van der Waals surface area contributed by atoms with Crippen molar-refractivity contribution in [3.05, 3.63) is 34.9 Å². The summed E-state index contributed by atoms with van der Waals surface area (Å²) in [7, 11) is 2.03. The quantitative estimate of drug-likeness (QED) is 0.818. The summed E-state index contributed by atoms with van der Waals surface area (Å²) in [6.07, 6.45) is 4.49. The largest absolute Gasteiger partial charge is 0.375 e. The molecule has 1 aliphatic rings. The Morgan fingerprint density at radius 1 is 1.32 bits per heavy atom. The Morgan fingerprint density at radius 3 is 2.86 bits per heavy atom. The van der Waals surface area contributed by atoms with Crippen molar-refractivity contribution in [3.8, 4) is 0 Å². The number of likely N-dealkylation sites (tertiary alicyclic amines) is 1. The lowest BCUT2D eigenvalue weighted by Crippen LogP contribution is -2.45. The minimum absolute atomic E-state index is 0.0127. The summed E-state index contributed by atoms with van der Waals surface area (Å²) in [5.74, 6) is 0.125. The molecule has 122 valence electrons. The molecule has 1 unspecified atom stereocenters. The second-order valence-corrected chi connectivity index (χ2v) is 6.25. The number of hydrogen-bond acceptors (Lipinski definition) is 3. The molecule has 0 aliphatic carbocycles. The van der Waals surface area contributed by atoms with E-state index in [1.54, 1.807) is 0 Å². The van der Waals surface area contributed by atoms with Gasteiger partial charge in [-0.3, -0.25) is 9.69 Å². The predicted octanol–water partition coefficient (Wildman–Crippen LogP) is 2.85. The number of benzene rings is 1. The molecule has 5 heteroatoms. The van der Waals surface area contributed by atoms with Gasteiger partial charge in [0.25, 0.3) is 0 Å². The Labute approximate surface area is 137 Å². The average Bonchev–Trinajstić information content (AvgIpc) is 2.73. The van der Waals surface area contributed by atoms with E-state index in [9.17, 15) is 4.79 Å². The molecule has 22 heavy (non-hydrogen) atoms. The molecule has 0 bridgehead atoms. The van der Waals surface area contributed by atoms with E-state index >= 15 is 0 Å². The Morgan fingerprint density at radius 2 is 2.09 bits per heavy atom. The van der Waals surface area contributed by atoms with Gasteiger partial charge in [-0.05, 0) is 44.1 Å². The predicted molar refractivity (Wildman–Crippen MR) is 89.0 cm³/mol. The van der Waals surface area contributed by atoms with Crippen LogP contribution < -0.4 is 5.32 Å². The highest BCUT2D eigenvalue weighted by atomic mass is 35.5. The summed E-state index contributed by atoms with van der Waals surface area (Å²) in [6, 6.07) is 7.61. The lowest BCUT2D eigenvalue weighted by atomic mass is 10.1. The van der Waals surface area contributed by atoms with Gasteiger partial charge in [-0.25, -0.2) is 0 Å². The normalized spacial score (nSPS) is 19.6. The van der Waals surface area contributed by atoms with Crippen molar-refractivity contribution < 1.29 is 9.53 Å². The standard InChI is InChI=1S/C17H25ClN2O2/c1-20-11-4-2-3-5-16(20)17(21)19-10-12-22-13-14-6-8-15(18)9-7-14/h6-9,16H,2-5,10-13H2,1H3,(H,19,21). The van der Waals surface area contributed by atoms with E-state index in [1.165, 1.54) is 12.8 Å². The molecule has 1 heterocycles. The minimum atomic E-state index is 0.0127. The highest BCUT2D eigenvalue weighted by Gasteiger charge is 2.23. The van der Waals surface area contributed by atoms with Crippen LogP contribution in [-0.4, -0.2) is 43.6 Å². The maximum absolute atomic E-state index is 12.2. The van der Waals surface area contributed by atoms with Gasteiger partial charge in [0.05, 0.1) is 19.3 Å². The van der Waals surface area contributed by atoms with Crippen molar-refractivity contribution in [2.24, 2.45) is 0 Å². The van der Waals surface area contributed by atoms with Gasteiger partial charge in [0.1, 0.15) is 0 Å². The molecule has 1 fully saturated rings. The first-order valence-electron chi connectivity index (χ1n) is 7.97. The van der Waals surface area contributed by atoms with Gasteiger partial charge < -0.3 is 10.1 Å². The molecule has 1 N–H and O–H groups in total. The Bertz CT molecular complexity index is 464. The molecular formula is C17H25ClN2O2. The first-order valence-corrected chi connectivity index (χ1v) is 8.35. The average molecular weight is 325 g/mol. The third-order valence-corrected chi connectivity index (χ3v) is 4.30. The second kappa shape index (κ2) is 9.13. The van der Waals surface area contributed by atoms with Crippen molar-refractivity contribution in [1.82, 2.24) is 10.2 Å². The lowest BCUT2D eigenvalue weighted by molar-refractivity contribution is -0.126. The number of ether oxygens (including phenoxy) is 1. The topological polar surface area (TPSA) is 41.6 Å². The monoisotopic (exact) mass is 324 g/mol. The summed E-state index contributed by atoms with van der Waals surface area (Å²) in [5.41, 5.74) is 1.08. The second-order valence-electron chi connectivity index (χ2n) is 5.82. The molecule has 1 saturated heterocycles. The van der Waals surface area contributed by atoms with Crippen LogP contribution in [0.25, 0.3) is 0 Å². The van der Waals surface area contributed by atoms with Gasteiger partial charge in [0, 0.05) is 11.6 Å². The minimum Gasteiger partial charge on any atom is -0.375 e. The molecule has 0 radical (unpaired) electrons.